The quantitative estimate of drug-likeness (QED) is 0.396. The molecule has 4 rings (SSSR count). The van der Waals surface area contributed by atoms with Gasteiger partial charge in [0.15, 0.2) is 5.17 Å². The summed E-state index contributed by atoms with van der Waals surface area (Å²) in [5, 5.41) is 18.5. The maximum Gasteiger partial charge on any atom is 0.267 e. The molecule has 3 heterocycles. The molecule has 7 nitrogen and oxygen atoms in total. The number of phenolic OH excluding ortho intramolecular Hbond substituents is 1. The van der Waals surface area contributed by atoms with Crippen molar-refractivity contribution in [1.82, 2.24) is 9.88 Å². The fraction of sp³-hybridized carbons (Fsp3) is 0.0476. The highest BCUT2D eigenvalue weighted by molar-refractivity contribution is 8.18. The third kappa shape index (κ3) is 4.44. The van der Waals surface area contributed by atoms with Crippen molar-refractivity contribution in [2.24, 2.45) is 10.2 Å². The van der Waals surface area contributed by atoms with Crippen molar-refractivity contribution in [2.75, 3.05) is 0 Å². The first kappa shape index (κ1) is 18.7. The number of aromatic nitrogens is 1. The lowest BCUT2D eigenvalue weighted by Gasteiger charge is -2.12. The Hall–Kier alpha value is -3.65. The van der Waals surface area contributed by atoms with E-state index in [1.54, 1.807) is 61.1 Å². The van der Waals surface area contributed by atoms with E-state index in [9.17, 15) is 9.90 Å². The normalized spacial score (nSPS) is 17.1. The number of pyridine rings is 1. The number of carbonyl (C=O) groups is 1. The van der Waals surface area contributed by atoms with E-state index in [4.69, 9.17) is 4.42 Å². The summed E-state index contributed by atoms with van der Waals surface area (Å²) in [6.45, 7) is 0.244. The first-order chi connectivity index (χ1) is 14.2. The number of furan rings is 1. The fourth-order valence-electron chi connectivity index (χ4n) is 2.63. The average molecular weight is 404 g/mol. The van der Waals surface area contributed by atoms with Crippen LogP contribution in [0.4, 0.5) is 0 Å². The first-order valence-corrected chi connectivity index (χ1v) is 9.55. The van der Waals surface area contributed by atoms with Crippen molar-refractivity contribution in [1.29, 1.82) is 0 Å². The molecule has 1 N–H and O–H groups in total. The molecular formula is C21H16N4O3S. The van der Waals surface area contributed by atoms with Gasteiger partial charge in [0.1, 0.15) is 11.5 Å². The van der Waals surface area contributed by atoms with Gasteiger partial charge in [-0.05, 0) is 53.7 Å². The monoisotopic (exact) mass is 404 g/mol. The molecule has 0 saturated carbocycles. The van der Waals surface area contributed by atoms with E-state index in [2.05, 4.69) is 15.2 Å². The van der Waals surface area contributed by atoms with Crippen LogP contribution in [0.25, 0.3) is 6.08 Å². The van der Waals surface area contributed by atoms with Gasteiger partial charge in [0.25, 0.3) is 5.91 Å². The minimum atomic E-state index is -0.188. The fourth-order valence-corrected chi connectivity index (χ4v) is 3.57. The molecule has 1 aliphatic rings. The number of hydrogen-bond acceptors (Lipinski definition) is 7. The van der Waals surface area contributed by atoms with E-state index in [0.717, 1.165) is 5.56 Å². The van der Waals surface area contributed by atoms with Gasteiger partial charge in [-0.2, -0.15) is 5.10 Å². The summed E-state index contributed by atoms with van der Waals surface area (Å²) in [6, 6.07) is 14.1. The molecule has 144 valence electrons. The molecule has 1 aliphatic heterocycles. The van der Waals surface area contributed by atoms with Crippen LogP contribution in [0, 0.1) is 0 Å². The van der Waals surface area contributed by atoms with Crippen molar-refractivity contribution in [3.05, 3.63) is 89.0 Å². The zero-order valence-corrected chi connectivity index (χ0v) is 16.0. The Bertz CT molecular complexity index is 1090. The number of phenols is 1. The maximum absolute atomic E-state index is 12.9. The lowest BCUT2D eigenvalue weighted by molar-refractivity contribution is -0.122. The second kappa shape index (κ2) is 8.57. The summed E-state index contributed by atoms with van der Waals surface area (Å²) in [5.41, 5.74) is 1.36. The molecule has 0 unspecified atom stereocenters. The Morgan fingerprint density at radius 2 is 2.07 bits per heavy atom. The van der Waals surface area contributed by atoms with E-state index in [1.807, 2.05) is 12.1 Å². The van der Waals surface area contributed by atoms with Gasteiger partial charge >= 0.3 is 0 Å². The van der Waals surface area contributed by atoms with Crippen LogP contribution in [-0.4, -0.2) is 32.3 Å². The number of rotatable bonds is 5. The van der Waals surface area contributed by atoms with Crippen molar-refractivity contribution in [2.45, 2.75) is 6.54 Å². The lowest BCUT2D eigenvalue weighted by Crippen LogP contribution is -2.28. The average Bonchev–Trinajstić information content (AvgIpc) is 3.35. The van der Waals surface area contributed by atoms with Gasteiger partial charge in [-0.15, -0.1) is 5.10 Å². The van der Waals surface area contributed by atoms with E-state index in [-0.39, 0.29) is 18.2 Å². The summed E-state index contributed by atoms with van der Waals surface area (Å²) in [7, 11) is 0. The van der Waals surface area contributed by atoms with Gasteiger partial charge in [-0.1, -0.05) is 18.2 Å². The highest BCUT2D eigenvalue weighted by Crippen LogP contribution is 2.33. The number of amides is 1. The standard InChI is InChI=1S/C21H16N4O3S/c26-18-8-2-1-6-16(18)13-23-24-21-25(14-17-7-4-10-28-17)20(27)19(29-21)11-15-5-3-9-22-12-15/h1-13,26H,14H2/b19-11-,23-13+,24-21-. The molecule has 3 aromatic rings. The molecule has 8 heteroatoms. The lowest BCUT2D eigenvalue weighted by atomic mass is 10.2. The van der Waals surface area contributed by atoms with Crippen LogP contribution >= 0.6 is 11.8 Å². The largest absolute Gasteiger partial charge is 0.507 e. The predicted molar refractivity (Wildman–Crippen MR) is 112 cm³/mol. The summed E-state index contributed by atoms with van der Waals surface area (Å²) in [6.07, 6.45) is 8.13. The first-order valence-electron chi connectivity index (χ1n) is 8.73. The van der Waals surface area contributed by atoms with Crippen LogP contribution in [0.15, 0.2) is 86.7 Å². The highest BCUT2D eigenvalue weighted by Gasteiger charge is 2.34. The zero-order chi connectivity index (χ0) is 20.1. The molecule has 1 aromatic carbocycles. The molecule has 0 aliphatic carbocycles. The summed E-state index contributed by atoms with van der Waals surface area (Å²) in [5.74, 6) is 0.557. The van der Waals surface area contributed by atoms with Crippen LogP contribution in [0.1, 0.15) is 16.9 Å². The van der Waals surface area contributed by atoms with Gasteiger partial charge in [0, 0.05) is 18.0 Å². The third-order valence-electron chi connectivity index (χ3n) is 4.04. The smallest absolute Gasteiger partial charge is 0.267 e. The topological polar surface area (TPSA) is 91.3 Å². The molecule has 0 bridgehead atoms. The maximum atomic E-state index is 12.9. The van der Waals surface area contributed by atoms with Gasteiger partial charge in [-0.25, -0.2) is 0 Å². The Kier molecular flexibility index (Phi) is 5.53. The van der Waals surface area contributed by atoms with E-state index >= 15 is 0 Å². The third-order valence-corrected chi connectivity index (χ3v) is 5.04. The van der Waals surface area contributed by atoms with E-state index in [0.29, 0.717) is 21.4 Å². The Morgan fingerprint density at radius 1 is 1.17 bits per heavy atom. The Labute approximate surface area is 171 Å². The van der Waals surface area contributed by atoms with Crippen LogP contribution in [0.5, 0.6) is 5.75 Å². The highest BCUT2D eigenvalue weighted by atomic mass is 32.2. The van der Waals surface area contributed by atoms with Gasteiger partial charge in [0.2, 0.25) is 0 Å². The second-order valence-electron chi connectivity index (χ2n) is 6.05. The van der Waals surface area contributed by atoms with Crippen LogP contribution in [-0.2, 0) is 11.3 Å². The number of nitrogens with zero attached hydrogens (tertiary/aromatic N) is 4. The molecule has 0 atom stereocenters. The molecular weight excluding hydrogens is 388 g/mol. The van der Waals surface area contributed by atoms with Crippen molar-refractivity contribution in [3.63, 3.8) is 0 Å². The predicted octanol–water partition coefficient (Wildman–Crippen LogP) is 3.89. The zero-order valence-electron chi connectivity index (χ0n) is 15.2. The Morgan fingerprint density at radius 3 is 2.83 bits per heavy atom. The summed E-state index contributed by atoms with van der Waals surface area (Å²) in [4.78, 5) is 19.0. The minimum Gasteiger partial charge on any atom is -0.507 e. The van der Waals surface area contributed by atoms with Crippen LogP contribution in [0.3, 0.4) is 0 Å². The number of carbonyl (C=O) groups excluding carboxylic acids is 1. The van der Waals surface area contributed by atoms with Crippen molar-refractivity contribution in [3.8, 4) is 5.75 Å². The SMILES string of the molecule is O=C1/C(=C/c2cccnc2)S/C(=N\N=C\c2ccccc2O)N1Cc1ccco1. The van der Waals surface area contributed by atoms with Gasteiger partial charge < -0.3 is 9.52 Å². The number of aromatic hydroxyl groups is 1. The number of benzene rings is 1. The molecule has 0 spiro atoms. The Balaban J connectivity index is 1.63. The summed E-state index contributed by atoms with van der Waals surface area (Å²) >= 11 is 1.22. The minimum absolute atomic E-state index is 0.108. The van der Waals surface area contributed by atoms with E-state index < -0.39 is 0 Å². The molecule has 0 radical (unpaired) electrons. The summed E-state index contributed by atoms with van der Waals surface area (Å²) < 4.78 is 5.38. The van der Waals surface area contributed by atoms with Crippen molar-refractivity contribution >= 4 is 35.1 Å². The molecule has 1 saturated heterocycles. The number of thioether (sulfide) groups is 1. The number of para-hydroxylation sites is 1. The van der Waals surface area contributed by atoms with Gasteiger partial charge in [-0.3, -0.25) is 14.7 Å². The molecule has 2 aromatic heterocycles. The molecule has 1 amide bonds. The van der Waals surface area contributed by atoms with Gasteiger partial charge in [0.05, 0.1) is 23.9 Å². The number of hydrogen-bond donors (Lipinski definition) is 1. The number of amidine groups is 1. The van der Waals surface area contributed by atoms with Crippen LogP contribution < -0.4 is 0 Å². The molecule has 29 heavy (non-hydrogen) atoms. The van der Waals surface area contributed by atoms with E-state index in [1.165, 1.54) is 22.9 Å². The van der Waals surface area contributed by atoms with Crippen molar-refractivity contribution < 1.29 is 14.3 Å². The van der Waals surface area contributed by atoms with Crippen LogP contribution in [0.2, 0.25) is 0 Å². The second-order valence-corrected chi connectivity index (χ2v) is 7.06. The molecule has 1 fully saturated rings.